The van der Waals surface area contributed by atoms with Gasteiger partial charge in [-0.1, -0.05) is 31.5 Å². The lowest BCUT2D eigenvalue weighted by Crippen LogP contribution is -2.08. The van der Waals surface area contributed by atoms with Gasteiger partial charge in [0.15, 0.2) is 0 Å². The van der Waals surface area contributed by atoms with Gasteiger partial charge >= 0.3 is 5.97 Å². The van der Waals surface area contributed by atoms with Crippen molar-refractivity contribution in [3.05, 3.63) is 60.2 Å². The number of benzene rings is 2. The summed E-state index contributed by atoms with van der Waals surface area (Å²) < 4.78 is 10.6. The molecular weight excluding hydrogens is 314 g/mol. The molecule has 0 N–H and O–H groups in total. The molecule has 0 bridgehead atoms. The van der Waals surface area contributed by atoms with Crippen LogP contribution in [0.2, 0.25) is 0 Å². The van der Waals surface area contributed by atoms with Crippen LogP contribution in [0, 0.1) is 0 Å². The minimum Gasteiger partial charge on any atom is -0.497 e. The summed E-state index contributed by atoms with van der Waals surface area (Å²) in [6.45, 7) is 2.50. The normalized spacial score (nSPS) is 10.6. The van der Waals surface area contributed by atoms with E-state index < -0.39 is 0 Å². The van der Waals surface area contributed by atoms with Crippen molar-refractivity contribution in [2.75, 3.05) is 13.7 Å². The van der Waals surface area contributed by atoms with Crippen LogP contribution in [0.4, 0.5) is 0 Å². The molecule has 0 saturated carbocycles. The molecule has 0 unspecified atom stereocenters. The molecule has 1 aromatic heterocycles. The van der Waals surface area contributed by atoms with Gasteiger partial charge in [-0.05, 0) is 42.8 Å². The third-order valence-corrected chi connectivity index (χ3v) is 4.05. The third-order valence-electron chi connectivity index (χ3n) is 4.05. The number of methoxy groups -OCH3 is 1. The molecule has 25 heavy (non-hydrogen) atoms. The fourth-order valence-corrected chi connectivity index (χ4v) is 2.64. The van der Waals surface area contributed by atoms with Crippen molar-refractivity contribution in [1.82, 2.24) is 4.98 Å². The highest BCUT2D eigenvalue weighted by Crippen LogP contribution is 2.26. The fourth-order valence-electron chi connectivity index (χ4n) is 2.64. The number of carbonyl (C=O) groups is 1. The monoisotopic (exact) mass is 335 g/mol. The number of fused-ring (bicyclic) bond motifs is 1. The van der Waals surface area contributed by atoms with Gasteiger partial charge in [-0.2, -0.15) is 0 Å². The van der Waals surface area contributed by atoms with Gasteiger partial charge in [-0.25, -0.2) is 9.78 Å². The molecule has 0 radical (unpaired) electrons. The largest absolute Gasteiger partial charge is 0.497 e. The number of ether oxygens (including phenoxy) is 2. The topological polar surface area (TPSA) is 48.4 Å². The highest BCUT2D eigenvalue weighted by Gasteiger charge is 2.15. The Bertz CT molecular complexity index is 872. The van der Waals surface area contributed by atoms with Crippen LogP contribution >= 0.6 is 0 Å². The highest BCUT2D eigenvalue weighted by atomic mass is 16.5. The Morgan fingerprint density at radius 1 is 1.08 bits per heavy atom. The predicted molar refractivity (Wildman–Crippen MR) is 98.9 cm³/mol. The molecule has 0 aliphatic rings. The number of rotatable bonds is 6. The molecule has 3 rings (SSSR count). The summed E-state index contributed by atoms with van der Waals surface area (Å²) >= 11 is 0. The lowest BCUT2D eigenvalue weighted by molar-refractivity contribution is 0.0502. The van der Waals surface area contributed by atoms with Gasteiger partial charge in [-0.15, -0.1) is 0 Å². The van der Waals surface area contributed by atoms with E-state index in [0.717, 1.165) is 40.8 Å². The minimum absolute atomic E-state index is 0.304. The quantitative estimate of drug-likeness (QED) is 0.476. The summed E-state index contributed by atoms with van der Waals surface area (Å²) in [5, 5.41) is 0.807. The smallest absolute Gasteiger partial charge is 0.338 e. The molecule has 4 heteroatoms. The standard InChI is InChI=1S/C21H21NO3/c1-3-4-13-25-21(23)18-14-20(15-9-11-16(24-2)12-10-15)22-19-8-6-5-7-17(18)19/h5-12,14H,3-4,13H2,1-2H3. The minimum atomic E-state index is -0.304. The van der Waals surface area contributed by atoms with Crippen molar-refractivity contribution < 1.29 is 14.3 Å². The van der Waals surface area contributed by atoms with E-state index in [0.29, 0.717) is 12.2 Å². The first-order valence-corrected chi connectivity index (χ1v) is 8.44. The Morgan fingerprint density at radius 3 is 2.56 bits per heavy atom. The van der Waals surface area contributed by atoms with Crippen LogP contribution in [0.25, 0.3) is 22.2 Å². The lowest BCUT2D eigenvalue weighted by Gasteiger charge is -2.10. The van der Waals surface area contributed by atoms with E-state index in [-0.39, 0.29) is 5.97 Å². The Morgan fingerprint density at radius 2 is 1.84 bits per heavy atom. The van der Waals surface area contributed by atoms with Gasteiger partial charge in [-0.3, -0.25) is 0 Å². The second-order valence-electron chi connectivity index (χ2n) is 5.79. The maximum Gasteiger partial charge on any atom is 0.338 e. The first-order chi connectivity index (χ1) is 12.2. The van der Waals surface area contributed by atoms with Crippen LogP contribution in [0.3, 0.4) is 0 Å². The maximum absolute atomic E-state index is 12.5. The molecule has 0 saturated heterocycles. The average molecular weight is 335 g/mol. The zero-order chi connectivity index (χ0) is 17.6. The summed E-state index contributed by atoms with van der Waals surface area (Å²) in [7, 11) is 1.63. The van der Waals surface area contributed by atoms with Crippen molar-refractivity contribution in [3.63, 3.8) is 0 Å². The summed E-state index contributed by atoms with van der Waals surface area (Å²) in [5.41, 5.74) is 2.99. The molecule has 4 nitrogen and oxygen atoms in total. The van der Waals surface area contributed by atoms with Gasteiger partial charge in [0, 0.05) is 10.9 Å². The van der Waals surface area contributed by atoms with Crippen LogP contribution in [-0.4, -0.2) is 24.7 Å². The van der Waals surface area contributed by atoms with Crippen molar-refractivity contribution in [1.29, 1.82) is 0 Å². The van der Waals surface area contributed by atoms with Crippen molar-refractivity contribution in [3.8, 4) is 17.0 Å². The van der Waals surface area contributed by atoms with E-state index in [2.05, 4.69) is 6.92 Å². The third kappa shape index (κ3) is 3.79. The number of unbranched alkanes of at least 4 members (excludes halogenated alkanes) is 1. The van der Waals surface area contributed by atoms with Gasteiger partial charge < -0.3 is 9.47 Å². The average Bonchev–Trinajstić information content (AvgIpc) is 2.67. The summed E-state index contributed by atoms with van der Waals surface area (Å²) in [4.78, 5) is 17.2. The molecule has 2 aromatic carbocycles. The predicted octanol–water partition coefficient (Wildman–Crippen LogP) is 4.87. The molecule has 0 amide bonds. The Labute approximate surface area is 147 Å². The molecule has 3 aromatic rings. The Balaban J connectivity index is 2.03. The molecule has 0 spiro atoms. The van der Waals surface area contributed by atoms with Crippen molar-refractivity contribution in [2.24, 2.45) is 0 Å². The molecule has 0 aliphatic heterocycles. The van der Waals surface area contributed by atoms with Gasteiger partial charge in [0.1, 0.15) is 5.75 Å². The molecule has 0 atom stereocenters. The number of hydrogen-bond donors (Lipinski definition) is 0. The number of aromatic nitrogens is 1. The van der Waals surface area contributed by atoms with Crippen LogP contribution in [-0.2, 0) is 4.74 Å². The van der Waals surface area contributed by atoms with E-state index in [1.807, 2.05) is 48.5 Å². The zero-order valence-corrected chi connectivity index (χ0v) is 14.5. The SMILES string of the molecule is CCCCOC(=O)c1cc(-c2ccc(OC)cc2)nc2ccccc12. The van der Waals surface area contributed by atoms with E-state index in [9.17, 15) is 4.79 Å². The van der Waals surface area contributed by atoms with Crippen LogP contribution < -0.4 is 4.74 Å². The molecule has 0 fully saturated rings. The summed E-state index contributed by atoms with van der Waals surface area (Å²) in [6.07, 6.45) is 1.85. The van der Waals surface area contributed by atoms with E-state index >= 15 is 0 Å². The molecule has 1 heterocycles. The zero-order valence-electron chi connectivity index (χ0n) is 14.5. The Hall–Kier alpha value is -2.88. The Kier molecular flexibility index (Phi) is 5.29. The van der Waals surface area contributed by atoms with Gasteiger partial charge in [0.05, 0.1) is 30.5 Å². The number of hydrogen-bond acceptors (Lipinski definition) is 4. The van der Waals surface area contributed by atoms with E-state index in [1.165, 1.54) is 0 Å². The fraction of sp³-hybridized carbons (Fsp3) is 0.238. The number of nitrogens with zero attached hydrogens (tertiary/aromatic N) is 1. The number of carbonyl (C=O) groups excluding carboxylic acids is 1. The summed E-state index contributed by atoms with van der Waals surface area (Å²) in [5.74, 6) is 0.477. The summed E-state index contributed by atoms with van der Waals surface area (Å²) in [6, 6.07) is 17.1. The lowest BCUT2D eigenvalue weighted by atomic mass is 10.0. The van der Waals surface area contributed by atoms with Crippen LogP contribution in [0.5, 0.6) is 5.75 Å². The number of para-hydroxylation sites is 1. The second-order valence-corrected chi connectivity index (χ2v) is 5.79. The van der Waals surface area contributed by atoms with Crippen LogP contribution in [0.1, 0.15) is 30.1 Å². The first kappa shape index (κ1) is 17.0. The van der Waals surface area contributed by atoms with Crippen molar-refractivity contribution >= 4 is 16.9 Å². The van der Waals surface area contributed by atoms with E-state index in [1.54, 1.807) is 13.2 Å². The van der Waals surface area contributed by atoms with E-state index in [4.69, 9.17) is 14.5 Å². The maximum atomic E-state index is 12.5. The number of esters is 1. The van der Waals surface area contributed by atoms with Crippen LogP contribution in [0.15, 0.2) is 54.6 Å². The number of pyridine rings is 1. The molecule has 0 aliphatic carbocycles. The second kappa shape index (κ2) is 7.79. The van der Waals surface area contributed by atoms with Crippen molar-refractivity contribution in [2.45, 2.75) is 19.8 Å². The van der Waals surface area contributed by atoms with Gasteiger partial charge in [0.2, 0.25) is 0 Å². The first-order valence-electron chi connectivity index (χ1n) is 8.44. The molecule has 128 valence electrons. The highest BCUT2D eigenvalue weighted by molar-refractivity contribution is 6.04. The van der Waals surface area contributed by atoms with Gasteiger partial charge in [0.25, 0.3) is 0 Å². The molecular formula is C21H21NO3.